The molecule has 2 fully saturated rings. The fourth-order valence-corrected chi connectivity index (χ4v) is 2.89. The van der Waals surface area contributed by atoms with Crippen molar-refractivity contribution in [1.82, 2.24) is 5.32 Å². The molecule has 0 aromatic heterocycles. The highest BCUT2D eigenvalue weighted by Crippen LogP contribution is 2.35. The third-order valence-electron chi connectivity index (χ3n) is 2.71. The molecular weight excluding hydrogens is 154 g/mol. The maximum Gasteiger partial charge on any atom is 0.0186 e. The molecule has 0 radical (unpaired) electrons. The van der Waals surface area contributed by atoms with Gasteiger partial charge in [-0.3, -0.25) is 0 Å². The third kappa shape index (κ3) is 2.12. The predicted molar refractivity (Wildman–Crippen MR) is 51.1 cm³/mol. The van der Waals surface area contributed by atoms with Crippen LogP contribution in [0.1, 0.15) is 26.2 Å². The Bertz CT molecular complexity index is 134. The van der Waals surface area contributed by atoms with E-state index in [4.69, 9.17) is 0 Å². The Hall–Kier alpha value is 0.310. The van der Waals surface area contributed by atoms with E-state index in [9.17, 15) is 0 Å². The van der Waals surface area contributed by atoms with Crippen LogP contribution in [0.15, 0.2) is 0 Å². The topological polar surface area (TPSA) is 12.0 Å². The Morgan fingerprint density at radius 2 is 2.09 bits per heavy atom. The van der Waals surface area contributed by atoms with Gasteiger partial charge in [0.15, 0.2) is 0 Å². The van der Waals surface area contributed by atoms with Gasteiger partial charge in [0.2, 0.25) is 0 Å². The van der Waals surface area contributed by atoms with Crippen LogP contribution in [0.5, 0.6) is 0 Å². The maximum absolute atomic E-state index is 3.65. The van der Waals surface area contributed by atoms with Gasteiger partial charge in [-0.05, 0) is 31.7 Å². The summed E-state index contributed by atoms with van der Waals surface area (Å²) in [6, 6.07) is 0.852. The van der Waals surface area contributed by atoms with Crippen LogP contribution in [-0.2, 0) is 0 Å². The van der Waals surface area contributed by atoms with Crippen LogP contribution in [0.3, 0.4) is 0 Å². The van der Waals surface area contributed by atoms with Crippen molar-refractivity contribution >= 4 is 11.8 Å². The van der Waals surface area contributed by atoms with Crippen LogP contribution < -0.4 is 5.32 Å². The summed E-state index contributed by atoms with van der Waals surface area (Å²) in [6.45, 7) is 3.59. The number of hydrogen-bond donors (Lipinski definition) is 1. The van der Waals surface area contributed by atoms with Crippen LogP contribution in [0.2, 0.25) is 0 Å². The Kier molecular flexibility index (Phi) is 2.42. The highest BCUT2D eigenvalue weighted by molar-refractivity contribution is 7.99. The van der Waals surface area contributed by atoms with Crippen molar-refractivity contribution in [1.29, 1.82) is 0 Å². The Labute approximate surface area is 73.3 Å². The molecule has 2 aliphatic rings. The average molecular weight is 171 g/mol. The second-order valence-electron chi connectivity index (χ2n) is 3.83. The zero-order valence-corrected chi connectivity index (χ0v) is 7.99. The first-order chi connectivity index (χ1) is 5.36. The summed E-state index contributed by atoms with van der Waals surface area (Å²) in [6.07, 6.45) is 4.31. The van der Waals surface area contributed by atoms with E-state index in [-0.39, 0.29) is 0 Å². The molecule has 0 aromatic rings. The molecular formula is C9H17NS. The molecule has 0 aromatic carbocycles. The average Bonchev–Trinajstić information content (AvgIpc) is 2.73. The molecule has 2 unspecified atom stereocenters. The van der Waals surface area contributed by atoms with E-state index in [1.54, 1.807) is 0 Å². The SMILES string of the molecule is CC1CCNC(C2CC2)CS1. The largest absolute Gasteiger partial charge is 0.313 e. The molecule has 1 saturated heterocycles. The number of thioether (sulfide) groups is 1. The van der Waals surface area contributed by atoms with Gasteiger partial charge < -0.3 is 5.32 Å². The van der Waals surface area contributed by atoms with Gasteiger partial charge in [-0.2, -0.15) is 11.8 Å². The second-order valence-corrected chi connectivity index (χ2v) is 5.30. The van der Waals surface area contributed by atoms with Gasteiger partial charge in [-0.25, -0.2) is 0 Å². The maximum atomic E-state index is 3.65. The van der Waals surface area contributed by atoms with Crippen LogP contribution >= 0.6 is 11.8 Å². The lowest BCUT2D eigenvalue weighted by atomic mass is 10.2. The molecule has 1 aliphatic heterocycles. The minimum absolute atomic E-state index is 0.852. The number of rotatable bonds is 1. The first kappa shape index (κ1) is 7.93. The summed E-state index contributed by atoms with van der Waals surface area (Å²) in [4.78, 5) is 0. The van der Waals surface area contributed by atoms with Gasteiger partial charge in [0.05, 0.1) is 0 Å². The molecule has 0 bridgehead atoms. The summed E-state index contributed by atoms with van der Waals surface area (Å²) in [5.74, 6) is 2.39. The van der Waals surface area contributed by atoms with Crippen LogP contribution in [0.25, 0.3) is 0 Å². The molecule has 2 heteroatoms. The molecule has 1 aliphatic carbocycles. The first-order valence-electron chi connectivity index (χ1n) is 4.71. The molecule has 11 heavy (non-hydrogen) atoms. The Morgan fingerprint density at radius 3 is 2.82 bits per heavy atom. The molecule has 1 N–H and O–H groups in total. The summed E-state index contributed by atoms with van der Waals surface area (Å²) in [5.41, 5.74) is 0. The lowest BCUT2D eigenvalue weighted by molar-refractivity contribution is 0.506. The van der Waals surface area contributed by atoms with Crippen LogP contribution in [0, 0.1) is 5.92 Å². The van der Waals surface area contributed by atoms with Gasteiger partial charge in [0, 0.05) is 17.0 Å². The van der Waals surface area contributed by atoms with Crippen molar-refractivity contribution in [3.05, 3.63) is 0 Å². The van der Waals surface area contributed by atoms with Gasteiger partial charge in [-0.1, -0.05) is 6.92 Å². The van der Waals surface area contributed by atoms with Gasteiger partial charge in [0.1, 0.15) is 0 Å². The zero-order chi connectivity index (χ0) is 7.68. The Morgan fingerprint density at radius 1 is 1.27 bits per heavy atom. The van der Waals surface area contributed by atoms with E-state index < -0.39 is 0 Å². The van der Waals surface area contributed by atoms with Crippen molar-refractivity contribution in [3.8, 4) is 0 Å². The van der Waals surface area contributed by atoms with E-state index in [0.29, 0.717) is 0 Å². The third-order valence-corrected chi connectivity index (χ3v) is 4.07. The Balaban J connectivity index is 1.82. The molecule has 1 heterocycles. The molecule has 2 atom stereocenters. The summed E-state index contributed by atoms with van der Waals surface area (Å²) < 4.78 is 0. The summed E-state index contributed by atoms with van der Waals surface area (Å²) in [7, 11) is 0. The fourth-order valence-electron chi connectivity index (χ4n) is 1.68. The van der Waals surface area contributed by atoms with Crippen molar-refractivity contribution in [2.75, 3.05) is 12.3 Å². The van der Waals surface area contributed by atoms with Crippen LogP contribution in [-0.4, -0.2) is 23.6 Å². The fraction of sp³-hybridized carbons (Fsp3) is 1.00. The van der Waals surface area contributed by atoms with Crippen LogP contribution in [0.4, 0.5) is 0 Å². The standard InChI is InChI=1S/C9H17NS/c1-7-4-5-10-9(6-11-7)8-2-3-8/h7-10H,2-6H2,1H3. The molecule has 1 nitrogen and oxygen atoms in total. The summed E-state index contributed by atoms with van der Waals surface area (Å²) in [5, 5.41) is 4.53. The minimum Gasteiger partial charge on any atom is -0.313 e. The molecule has 0 amide bonds. The number of nitrogens with one attached hydrogen (secondary N) is 1. The van der Waals surface area contributed by atoms with Crippen molar-refractivity contribution in [2.24, 2.45) is 5.92 Å². The van der Waals surface area contributed by atoms with Gasteiger partial charge in [0.25, 0.3) is 0 Å². The lowest BCUT2D eigenvalue weighted by Crippen LogP contribution is -2.32. The lowest BCUT2D eigenvalue weighted by Gasteiger charge is -2.13. The zero-order valence-electron chi connectivity index (χ0n) is 7.18. The predicted octanol–water partition coefficient (Wildman–Crippen LogP) is 1.88. The van der Waals surface area contributed by atoms with Gasteiger partial charge in [-0.15, -0.1) is 0 Å². The highest BCUT2D eigenvalue weighted by atomic mass is 32.2. The summed E-state index contributed by atoms with van der Waals surface area (Å²) >= 11 is 2.15. The highest BCUT2D eigenvalue weighted by Gasteiger charge is 2.31. The monoisotopic (exact) mass is 171 g/mol. The van der Waals surface area contributed by atoms with Crippen molar-refractivity contribution in [3.63, 3.8) is 0 Å². The second kappa shape index (κ2) is 3.36. The normalized spacial score (nSPS) is 40.1. The van der Waals surface area contributed by atoms with E-state index >= 15 is 0 Å². The smallest absolute Gasteiger partial charge is 0.0186 e. The minimum atomic E-state index is 0.852. The van der Waals surface area contributed by atoms with E-state index in [0.717, 1.165) is 17.2 Å². The van der Waals surface area contributed by atoms with Crippen molar-refractivity contribution < 1.29 is 0 Å². The molecule has 64 valence electrons. The molecule has 2 rings (SSSR count). The van der Waals surface area contributed by atoms with Crippen molar-refractivity contribution in [2.45, 2.75) is 37.5 Å². The molecule has 0 spiro atoms. The molecule has 1 saturated carbocycles. The van der Waals surface area contributed by atoms with E-state index in [1.165, 1.54) is 31.6 Å². The first-order valence-corrected chi connectivity index (χ1v) is 5.76. The quantitative estimate of drug-likeness (QED) is 0.646. The van der Waals surface area contributed by atoms with E-state index in [2.05, 4.69) is 24.0 Å². The van der Waals surface area contributed by atoms with Gasteiger partial charge >= 0.3 is 0 Å². The van der Waals surface area contributed by atoms with E-state index in [1.807, 2.05) is 0 Å². The number of hydrogen-bond acceptors (Lipinski definition) is 2.